The molecule has 1 aromatic rings. The molecule has 1 fully saturated rings. The van der Waals surface area contributed by atoms with E-state index in [1.54, 1.807) is 17.5 Å². The quantitative estimate of drug-likeness (QED) is 0.840. The van der Waals surface area contributed by atoms with Crippen molar-refractivity contribution in [1.29, 1.82) is 0 Å². The summed E-state index contributed by atoms with van der Waals surface area (Å²) in [5.41, 5.74) is 0. The van der Waals surface area contributed by atoms with Crippen molar-refractivity contribution >= 4 is 33.1 Å². The number of rotatable bonds is 4. The molecule has 1 aliphatic rings. The first-order chi connectivity index (χ1) is 8.89. The minimum Gasteiger partial charge on any atom is -0.479 e. The van der Waals surface area contributed by atoms with Gasteiger partial charge in [0.1, 0.15) is 0 Å². The van der Waals surface area contributed by atoms with Crippen molar-refractivity contribution in [2.75, 3.05) is 11.5 Å². The summed E-state index contributed by atoms with van der Waals surface area (Å²) < 4.78 is 22.6. The Labute approximate surface area is 114 Å². The summed E-state index contributed by atoms with van der Waals surface area (Å²) in [4.78, 5) is 23.6. The third-order valence-corrected chi connectivity index (χ3v) is 5.67. The minimum absolute atomic E-state index is 0.0121. The molecule has 0 spiro atoms. The Morgan fingerprint density at radius 1 is 1.47 bits per heavy atom. The average molecular weight is 303 g/mol. The van der Waals surface area contributed by atoms with E-state index in [1.807, 2.05) is 0 Å². The van der Waals surface area contributed by atoms with E-state index in [4.69, 9.17) is 5.11 Å². The Kier molecular flexibility index (Phi) is 3.91. The molecule has 2 rings (SSSR count). The third-order valence-electron chi connectivity index (χ3n) is 2.96. The van der Waals surface area contributed by atoms with Crippen molar-refractivity contribution < 1.29 is 23.1 Å². The SMILES string of the molecule is O=C(NC(C(=O)O)c1cccs1)C1CCS(=O)(=O)C1. The lowest BCUT2D eigenvalue weighted by Gasteiger charge is -2.15. The molecular weight excluding hydrogens is 290 g/mol. The highest BCUT2D eigenvalue weighted by Crippen LogP contribution is 2.23. The van der Waals surface area contributed by atoms with Crippen molar-refractivity contribution in [3.63, 3.8) is 0 Å². The monoisotopic (exact) mass is 303 g/mol. The average Bonchev–Trinajstić information content (AvgIpc) is 2.94. The highest BCUT2D eigenvalue weighted by molar-refractivity contribution is 7.91. The minimum atomic E-state index is -3.16. The molecule has 0 aliphatic carbocycles. The normalized spacial score (nSPS) is 22.8. The van der Waals surface area contributed by atoms with Crippen LogP contribution in [0.25, 0.3) is 0 Å². The van der Waals surface area contributed by atoms with Gasteiger partial charge in [0, 0.05) is 4.88 Å². The van der Waals surface area contributed by atoms with E-state index in [9.17, 15) is 18.0 Å². The Hall–Kier alpha value is -1.41. The molecular formula is C11H13NO5S2. The molecule has 8 heteroatoms. The predicted molar refractivity (Wildman–Crippen MR) is 69.6 cm³/mol. The van der Waals surface area contributed by atoms with Gasteiger partial charge < -0.3 is 10.4 Å². The van der Waals surface area contributed by atoms with Gasteiger partial charge in [0.2, 0.25) is 5.91 Å². The van der Waals surface area contributed by atoms with Crippen LogP contribution in [0.2, 0.25) is 0 Å². The number of thiophene rings is 1. The predicted octanol–water partition coefficient (Wildman–Crippen LogP) is 0.425. The van der Waals surface area contributed by atoms with Crippen LogP contribution in [0.15, 0.2) is 17.5 Å². The molecule has 19 heavy (non-hydrogen) atoms. The molecule has 1 amide bonds. The molecule has 0 bridgehead atoms. The molecule has 2 unspecified atom stereocenters. The topological polar surface area (TPSA) is 101 Å². The van der Waals surface area contributed by atoms with E-state index in [0.29, 0.717) is 4.88 Å². The zero-order chi connectivity index (χ0) is 14.0. The summed E-state index contributed by atoms with van der Waals surface area (Å²) in [7, 11) is -3.16. The number of carbonyl (C=O) groups is 2. The van der Waals surface area contributed by atoms with Gasteiger partial charge in [-0.1, -0.05) is 6.07 Å². The van der Waals surface area contributed by atoms with Crippen molar-refractivity contribution in [2.24, 2.45) is 5.92 Å². The Bertz CT molecular complexity index is 578. The highest BCUT2D eigenvalue weighted by atomic mass is 32.2. The number of carbonyl (C=O) groups excluding carboxylic acids is 1. The summed E-state index contributed by atoms with van der Waals surface area (Å²) in [6, 6.07) is 2.20. The molecule has 6 nitrogen and oxygen atoms in total. The van der Waals surface area contributed by atoms with Gasteiger partial charge in [-0.2, -0.15) is 0 Å². The van der Waals surface area contributed by atoms with E-state index in [2.05, 4.69) is 5.32 Å². The summed E-state index contributed by atoms with van der Waals surface area (Å²) in [6.45, 7) is 0. The molecule has 2 atom stereocenters. The molecule has 1 aromatic heterocycles. The van der Waals surface area contributed by atoms with E-state index in [0.717, 1.165) is 0 Å². The van der Waals surface area contributed by atoms with Gasteiger partial charge in [0.25, 0.3) is 0 Å². The fourth-order valence-electron chi connectivity index (χ4n) is 1.97. The summed E-state index contributed by atoms with van der Waals surface area (Å²) in [5.74, 6) is -2.53. The van der Waals surface area contributed by atoms with Crippen LogP contribution in [0.1, 0.15) is 17.3 Å². The number of carboxylic acid groups (broad SMARTS) is 1. The van der Waals surface area contributed by atoms with Crippen molar-refractivity contribution in [1.82, 2.24) is 5.32 Å². The van der Waals surface area contributed by atoms with Crippen LogP contribution in [0.5, 0.6) is 0 Å². The number of aliphatic carboxylic acids is 1. The number of hydrogen-bond donors (Lipinski definition) is 2. The molecule has 0 saturated carbocycles. The van der Waals surface area contributed by atoms with Crippen LogP contribution < -0.4 is 5.32 Å². The van der Waals surface area contributed by atoms with E-state index in [1.165, 1.54) is 11.3 Å². The first kappa shape index (κ1) is 14.0. The second-order valence-electron chi connectivity index (χ2n) is 4.40. The number of sulfone groups is 1. The molecule has 2 heterocycles. The fraction of sp³-hybridized carbons (Fsp3) is 0.455. The first-order valence-corrected chi connectivity index (χ1v) is 8.36. The van der Waals surface area contributed by atoms with Crippen LogP contribution in [-0.4, -0.2) is 36.9 Å². The van der Waals surface area contributed by atoms with Gasteiger partial charge in [0.05, 0.1) is 17.4 Å². The Balaban J connectivity index is 2.07. The Morgan fingerprint density at radius 3 is 2.68 bits per heavy atom. The number of hydrogen-bond acceptors (Lipinski definition) is 5. The Morgan fingerprint density at radius 2 is 2.21 bits per heavy atom. The maximum absolute atomic E-state index is 11.9. The van der Waals surface area contributed by atoms with E-state index in [-0.39, 0.29) is 17.9 Å². The third kappa shape index (κ3) is 3.32. The first-order valence-electron chi connectivity index (χ1n) is 5.66. The van der Waals surface area contributed by atoms with Gasteiger partial charge >= 0.3 is 5.97 Å². The maximum Gasteiger partial charge on any atom is 0.331 e. The zero-order valence-corrected chi connectivity index (χ0v) is 11.5. The second-order valence-corrected chi connectivity index (χ2v) is 7.60. The highest BCUT2D eigenvalue weighted by Gasteiger charge is 2.35. The molecule has 104 valence electrons. The number of carboxylic acids is 1. The van der Waals surface area contributed by atoms with Crippen molar-refractivity contribution in [2.45, 2.75) is 12.5 Å². The van der Waals surface area contributed by atoms with Crippen LogP contribution >= 0.6 is 11.3 Å². The van der Waals surface area contributed by atoms with E-state index >= 15 is 0 Å². The van der Waals surface area contributed by atoms with Crippen molar-refractivity contribution in [3.05, 3.63) is 22.4 Å². The standard InChI is InChI=1S/C11H13NO5S2/c13-10(7-3-5-19(16,17)6-7)12-9(11(14)15)8-2-1-4-18-8/h1-2,4,7,9H,3,5-6H2,(H,12,13)(H,14,15). The van der Waals surface area contributed by atoms with Crippen LogP contribution in [0, 0.1) is 5.92 Å². The van der Waals surface area contributed by atoms with Gasteiger partial charge in [-0.05, 0) is 17.9 Å². The molecule has 0 radical (unpaired) electrons. The summed E-state index contributed by atoms with van der Waals surface area (Å²) in [5, 5.41) is 13.2. The van der Waals surface area contributed by atoms with Crippen molar-refractivity contribution in [3.8, 4) is 0 Å². The largest absolute Gasteiger partial charge is 0.479 e. The molecule has 0 aromatic carbocycles. The lowest BCUT2D eigenvalue weighted by atomic mass is 10.1. The van der Waals surface area contributed by atoms with Gasteiger partial charge in [-0.3, -0.25) is 4.79 Å². The summed E-state index contributed by atoms with van der Waals surface area (Å²) in [6.07, 6.45) is 0.255. The molecule has 1 aliphatic heterocycles. The number of amides is 1. The van der Waals surface area contributed by atoms with Crippen LogP contribution in [0.3, 0.4) is 0 Å². The maximum atomic E-state index is 11.9. The summed E-state index contributed by atoms with van der Waals surface area (Å²) >= 11 is 1.23. The van der Waals surface area contributed by atoms with Crippen LogP contribution in [-0.2, 0) is 19.4 Å². The van der Waals surface area contributed by atoms with Gasteiger partial charge in [-0.25, -0.2) is 13.2 Å². The lowest BCUT2D eigenvalue weighted by molar-refractivity contribution is -0.142. The van der Waals surface area contributed by atoms with Gasteiger partial charge in [-0.15, -0.1) is 11.3 Å². The van der Waals surface area contributed by atoms with E-state index < -0.39 is 33.7 Å². The molecule has 2 N–H and O–H groups in total. The molecule has 1 saturated heterocycles. The van der Waals surface area contributed by atoms with Crippen LogP contribution in [0.4, 0.5) is 0 Å². The second kappa shape index (κ2) is 5.30. The fourth-order valence-corrected chi connectivity index (χ4v) is 4.48. The number of nitrogens with one attached hydrogen (secondary N) is 1. The lowest BCUT2D eigenvalue weighted by Crippen LogP contribution is -2.37. The smallest absolute Gasteiger partial charge is 0.331 e. The zero-order valence-electron chi connectivity index (χ0n) is 9.90. The van der Waals surface area contributed by atoms with Gasteiger partial charge in [0.15, 0.2) is 15.9 Å².